The lowest BCUT2D eigenvalue weighted by Gasteiger charge is -2.26. The van der Waals surface area contributed by atoms with Crippen LogP contribution in [0.1, 0.15) is 13.8 Å². The van der Waals surface area contributed by atoms with Gasteiger partial charge in [0.15, 0.2) is 0 Å². The van der Waals surface area contributed by atoms with Gasteiger partial charge in [-0.15, -0.1) is 0 Å². The quantitative estimate of drug-likeness (QED) is 0.475. The van der Waals surface area contributed by atoms with Crippen LogP contribution in [0.3, 0.4) is 0 Å². The van der Waals surface area contributed by atoms with E-state index in [0.717, 1.165) is 18.0 Å². The summed E-state index contributed by atoms with van der Waals surface area (Å²) in [7, 11) is 0. The fourth-order valence-corrected chi connectivity index (χ4v) is 2.76. The largest absolute Gasteiger partial charge is 0.459 e. The van der Waals surface area contributed by atoms with Crippen molar-refractivity contribution in [2.75, 3.05) is 26.3 Å². The van der Waals surface area contributed by atoms with Crippen LogP contribution < -0.4 is 0 Å². The Bertz CT molecular complexity index is 482. The second-order valence-electron chi connectivity index (χ2n) is 5.01. The maximum absolute atomic E-state index is 12.3. The summed E-state index contributed by atoms with van der Waals surface area (Å²) in [6, 6.07) is 9.85. The minimum Gasteiger partial charge on any atom is -0.459 e. The van der Waals surface area contributed by atoms with E-state index in [2.05, 4.69) is 4.90 Å². The van der Waals surface area contributed by atoms with Gasteiger partial charge in [0, 0.05) is 24.2 Å². The Hall–Kier alpha value is -1.46. The van der Waals surface area contributed by atoms with Crippen molar-refractivity contribution in [3.05, 3.63) is 41.4 Å². The minimum absolute atomic E-state index is 0.123. The first kappa shape index (κ1) is 15.9. The number of nitrogens with zero attached hydrogens (tertiary/aromatic N) is 1. The number of esters is 1. The molecule has 0 radical (unpaired) electrons. The maximum atomic E-state index is 12.3. The molecular formula is C16H21NO3S. The van der Waals surface area contributed by atoms with E-state index in [0.29, 0.717) is 18.1 Å². The van der Waals surface area contributed by atoms with E-state index >= 15 is 0 Å². The third-order valence-corrected chi connectivity index (χ3v) is 3.86. The number of carbonyl (C=O) groups is 1. The molecule has 0 spiro atoms. The van der Waals surface area contributed by atoms with Gasteiger partial charge in [0.25, 0.3) is 0 Å². The van der Waals surface area contributed by atoms with E-state index in [1.165, 1.54) is 11.8 Å². The van der Waals surface area contributed by atoms with Crippen LogP contribution in [0.5, 0.6) is 0 Å². The van der Waals surface area contributed by atoms with Gasteiger partial charge in [0.1, 0.15) is 4.91 Å². The highest BCUT2D eigenvalue weighted by atomic mass is 32.2. The van der Waals surface area contributed by atoms with Crippen LogP contribution in [0.4, 0.5) is 0 Å². The van der Waals surface area contributed by atoms with Crippen LogP contribution in [0.25, 0.3) is 0 Å². The van der Waals surface area contributed by atoms with Crippen LogP contribution >= 0.6 is 11.8 Å². The molecular weight excluding hydrogens is 286 g/mol. The van der Waals surface area contributed by atoms with E-state index < -0.39 is 0 Å². The molecule has 0 saturated carbocycles. The van der Waals surface area contributed by atoms with E-state index in [4.69, 9.17) is 9.47 Å². The molecule has 0 atom stereocenters. The van der Waals surface area contributed by atoms with Gasteiger partial charge >= 0.3 is 5.97 Å². The monoisotopic (exact) mass is 307 g/mol. The van der Waals surface area contributed by atoms with Crippen molar-refractivity contribution in [2.24, 2.45) is 0 Å². The van der Waals surface area contributed by atoms with E-state index in [1.54, 1.807) is 0 Å². The maximum Gasteiger partial charge on any atom is 0.346 e. The van der Waals surface area contributed by atoms with Crippen molar-refractivity contribution < 1.29 is 14.3 Å². The van der Waals surface area contributed by atoms with Crippen molar-refractivity contribution >= 4 is 17.7 Å². The van der Waals surface area contributed by atoms with E-state index in [9.17, 15) is 4.79 Å². The van der Waals surface area contributed by atoms with Gasteiger partial charge in [0.05, 0.1) is 19.3 Å². The third-order valence-electron chi connectivity index (χ3n) is 2.86. The van der Waals surface area contributed by atoms with Gasteiger partial charge in [0.2, 0.25) is 0 Å². The lowest BCUT2D eigenvalue weighted by molar-refractivity contribution is -0.141. The Morgan fingerprint density at radius 2 is 1.95 bits per heavy atom. The lowest BCUT2D eigenvalue weighted by atomic mass is 10.4. The SMILES string of the molecule is CC(C)OC(=O)/C(=C/N1CCOCC1)Sc1ccccc1. The Morgan fingerprint density at radius 3 is 2.57 bits per heavy atom. The lowest BCUT2D eigenvalue weighted by Crippen LogP contribution is -2.32. The molecule has 114 valence electrons. The summed E-state index contributed by atoms with van der Waals surface area (Å²) in [4.78, 5) is 16.0. The average Bonchev–Trinajstić information content (AvgIpc) is 2.48. The molecule has 5 heteroatoms. The van der Waals surface area contributed by atoms with Crippen molar-refractivity contribution in [2.45, 2.75) is 24.8 Å². The highest BCUT2D eigenvalue weighted by Crippen LogP contribution is 2.28. The number of hydrogen-bond donors (Lipinski definition) is 0. The van der Waals surface area contributed by atoms with Crippen LogP contribution in [0, 0.1) is 0 Å². The molecule has 0 aliphatic carbocycles. The van der Waals surface area contributed by atoms with Crippen LogP contribution in [-0.4, -0.2) is 43.3 Å². The highest BCUT2D eigenvalue weighted by Gasteiger charge is 2.17. The van der Waals surface area contributed by atoms with Crippen LogP contribution in [-0.2, 0) is 14.3 Å². The molecule has 1 fully saturated rings. The summed E-state index contributed by atoms with van der Waals surface area (Å²) in [5, 5.41) is 0. The number of thioether (sulfide) groups is 1. The van der Waals surface area contributed by atoms with Crippen LogP contribution in [0.15, 0.2) is 46.3 Å². The van der Waals surface area contributed by atoms with Crippen molar-refractivity contribution in [3.8, 4) is 0 Å². The zero-order valence-electron chi connectivity index (χ0n) is 12.5. The number of hydrogen-bond acceptors (Lipinski definition) is 5. The highest BCUT2D eigenvalue weighted by molar-refractivity contribution is 8.04. The number of rotatable bonds is 5. The summed E-state index contributed by atoms with van der Waals surface area (Å²) < 4.78 is 10.7. The third kappa shape index (κ3) is 5.44. The molecule has 0 amide bonds. The van der Waals surface area contributed by atoms with Crippen LogP contribution in [0.2, 0.25) is 0 Å². The van der Waals surface area contributed by atoms with Crippen molar-refractivity contribution in [3.63, 3.8) is 0 Å². The van der Waals surface area contributed by atoms with Crippen molar-refractivity contribution in [1.29, 1.82) is 0 Å². The molecule has 0 unspecified atom stereocenters. The molecule has 21 heavy (non-hydrogen) atoms. The normalized spacial score (nSPS) is 16.1. The number of benzene rings is 1. The van der Waals surface area contributed by atoms with Gasteiger partial charge in [-0.3, -0.25) is 0 Å². The predicted molar refractivity (Wildman–Crippen MR) is 84.0 cm³/mol. The smallest absolute Gasteiger partial charge is 0.346 e. The first-order chi connectivity index (χ1) is 10.1. The topological polar surface area (TPSA) is 38.8 Å². The number of ether oxygens (including phenoxy) is 2. The Kier molecular flexibility index (Phi) is 6.14. The average molecular weight is 307 g/mol. The Labute approximate surface area is 130 Å². The summed E-state index contributed by atoms with van der Waals surface area (Å²) in [6.07, 6.45) is 1.77. The van der Waals surface area contributed by atoms with Gasteiger partial charge in [-0.05, 0) is 26.0 Å². The van der Waals surface area contributed by atoms with Gasteiger partial charge in [-0.1, -0.05) is 30.0 Å². The molecule has 2 rings (SSSR count). The van der Waals surface area contributed by atoms with Gasteiger partial charge < -0.3 is 14.4 Å². The molecule has 0 N–H and O–H groups in total. The fraction of sp³-hybridized carbons (Fsp3) is 0.438. The molecule has 1 aromatic carbocycles. The molecule has 1 saturated heterocycles. The Balaban J connectivity index is 2.12. The second kappa shape index (κ2) is 8.10. The van der Waals surface area contributed by atoms with Crippen molar-refractivity contribution in [1.82, 2.24) is 4.90 Å². The number of morpholine rings is 1. The molecule has 1 aliphatic rings. The van der Waals surface area contributed by atoms with Gasteiger partial charge in [-0.25, -0.2) is 4.79 Å². The molecule has 4 nitrogen and oxygen atoms in total. The molecule has 1 heterocycles. The second-order valence-corrected chi connectivity index (χ2v) is 6.13. The first-order valence-electron chi connectivity index (χ1n) is 7.12. The summed E-state index contributed by atoms with van der Waals surface area (Å²) >= 11 is 1.44. The van der Waals surface area contributed by atoms with E-state index in [1.807, 2.05) is 50.4 Å². The summed E-state index contributed by atoms with van der Waals surface area (Å²) in [6.45, 7) is 6.70. The zero-order chi connectivity index (χ0) is 15.1. The molecule has 0 aromatic heterocycles. The van der Waals surface area contributed by atoms with Gasteiger partial charge in [-0.2, -0.15) is 0 Å². The summed E-state index contributed by atoms with van der Waals surface area (Å²) in [5.41, 5.74) is 0. The molecule has 1 aliphatic heterocycles. The standard InChI is InChI=1S/C16H21NO3S/c1-13(2)20-16(18)15(12-17-8-10-19-11-9-17)21-14-6-4-3-5-7-14/h3-7,12-13H,8-11H2,1-2H3/b15-12-. The fourth-order valence-electron chi connectivity index (χ4n) is 1.88. The minimum atomic E-state index is -0.273. The first-order valence-corrected chi connectivity index (χ1v) is 7.94. The molecule has 1 aromatic rings. The predicted octanol–water partition coefficient (Wildman–Crippen LogP) is 2.90. The number of carbonyl (C=O) groups excluding carboxylic acids is 1. The van der Waals surface area contributed by atoms with E-state index in [-0.39, 0.29) is 12.1 Å². The zero-order valence-corrected chi connectivity index (χ0v) is 13.3. The Morgan fingerprint density at radius 1 is 1.29 bits per heavy atom. The summed E-state index contributed by atoms with van der Waals surface area (Å²) in [5.74, 6) is -0.273. The molecule has 0 bridgehead atoms.